The van der Waals surface area contributed by atoms with E-state index < -0.39 is 5.54 Å². The first kappa shape index (κ1) is 12.1. The van der Waals surface area contributed by atoms with Crippen molar-refractivity contribution in [3.63, 3.8) is 0 Å². The van der Waals surface area contributed by atoms with Gasteiger partial charge in [0.05, 0.1) is 31.9 Å². The van der Waals surface area contributed by atoms with Gasteiger partial charge in [-0.05, 0) is 0 Å². The second-order valence-electron chi connectivity index (χ2n) is 3.56. The SMILES string of the molecule is Cn1ccnc1CNC(CO)(CO)CO. The average Bonchev–Trinajstić information content (AvgIpc) is 2.67. The first-order valence-electron chi connectivity index (χ1n) is 4.71. The Labute approximate surface area is 88.2 Å². The van der Waals surface area contributed by atoms with Gasteiger partial charge in [0.2, 0.25) is 0 Å². The Hall–Kier alpha value is -0.950. The maximum atomic E-state index is 9.06. The Morgan fingerprint density at radius 2 is 1.93 bits per heavy atom. The van der Waals surface area contributed by atoms with E-state index in [2.05, 4.69) is 10.3 Å². The summed E-state index contributed by atoms with van der Waals surface area (Å²) >= 11 is 0. The van der Waals surface area contributed by atoms with Crippen LogP contribution in [0.25, 0.3) is 0 Å². The van der Waals surface area contributed by atoms with Crippen molar-refractivity contribution in [2.24, 2.45) is 7.05 Å². The molecule has 0 atom stereocenters. The number of nitrogens with zero attached hydrogens (tertiary/aromatic N) is 2. The van der Waals surface area contributed by atoms with Gasteiger partial charge in [0.25, 0.3) is 0 Å². The molecule has 0 aromatic carbocycles. The van der Waals surface area contributed by atoms with E-state index in [0.29, 0.717) is 6.54 Å². The van der Waals surface area contributed by atoms with Gasteiger partial charge in [-0.1, -0.05) is 0 Å². The normalized spacial score (nSPS) is 12.0. The molecule has 0 saturated carbocycles. The molecule has 0 radical (unpaired) electrons. The molecular weight excluding hydrogens is 198 g/mol. The van der Waals surface area contributed by atoms with E-state index in [-0.39, 0.29) is 19.8 Å². The predicted molar refractivity (Wildman–Crippen MR) is 54.0 cm³/mol. The van der Waals surface area contributed by atoms with Crippen LogP contribution in [0.2, 0.25) is 0 Å². The number of rotatable bonds is 6. The quantitative estimate of drug-likeness (QED) is 0.450. The van der Waals surface area contributed by atoms with Gasteiger partial charge >= 0.3 is 0 Å². The van der Waals surface area contributed by atoms with Crippen molar-refractivity contribution < 1.29 is 15.3 Å². The highest BCUT2D eigenvalue weighted by atomic mass is 16.3. The topological polar surface area (TPSA) is 90.5 Å². The van der Waals surface area contributed by atoms with Gasteiger partial charge in [-0.15, -0.1) is 0 Å². The number of aliphatic hydroxyl groups excluding tert-OH is 3. The lowest BCUT2D eigenvalue weighted by Crippen LogP contribution is -2.54. The molecule has 6 nitrogen and oxygen atoms in total. The van der Waals surface area contributed by atoms with Gasteiger partial charge in [-0.25, -0.2) is 4.98 Å². The molecule has 6 heteroatoms. The Kier molecular flexibility index (Phi) is 4.22. The largest absolute Gasteiger partial charge is 0.394 e. The monoisotopic (exact) mass is 215 g/mol. The van der Waals surface area contributed by atoms with Crippen LogP contribution in [0.3, 0.4) is 0 Å². The summed E-state index contributed by atoms with van der Waals surface area (Å²) in [5.41, 5.74) is -1.05. The lowest BCUT2D eigenvalue weighted by Gasteiger charge is -2.28. The minimum atomic E-state index is -1.05. The van der Waals surface area contributed by atoms with Gasteiger partial charge in [0.15, 0.2) is 0 Å². The Balaban J connectivity index is 2.58. The number of aliphatic hydroxyl groups is 3. The van der Waals surface area contributed by atoms with E-state index in [1.165, 1.54) is 0 Å². The van der Waals surface area contributed by atoms with Crippen LogP contribution in [0.1, 0.15) is 5.82 Å². The van der Waals surface area contributed by atoms with Crippen LogP contribution in [-0.4, -0.2) is 50.2 Å². The summed E-state index contributed by atoms with van der Waals surface area (Å²) in [5.74, 6) is 0.773. The second kappa shape index (κ2) is 5.22. The van der Waals surface area contributed by atoms with Crippen molar-refractivity contribution in [2.45, 2.75) is 12.1 Å². The predicted octanol–water partition coefficient (Wildman–Crippen LogP) is -1.77. The van der Waals surface area contributed by atoms with E-state index in [0.717, 1.165) is 5.82 Å². The fraction of sp³-hybridized carbons (Fsp3) is 0.667. The van der Waals surface area contributed by atoms with Crippen LogP contribution in [0, 0.1) is 0 Å². The van der Waals surface area contributed by atoms with Gasteiger partial charge in [-0.3, -0.25) is 5.32 Å². The molecule has 0 spiro atoms. The standard InChI is InChI=1S/C9H17N3O3/c1-12-3-2-10-8(12)4-11-9(5-13,6-14)7-15/h2-3,11,13-15H,4-7H2,1H3. The van der Waals surface area contributed by atoms with Gasteiger partial charge in [0, 0.05) is 19.4 Å². The Bertz CT molecular complexity index is 288. The number of aromatic nitrogens is 2. The number of imidazole rings is 1. The lowest BCUT2D eigenvalue weighted by molar-refractivity contribution is 0.0408. The van der Waals surface area contributed by atoms with Crippen molar-refractivity contribution in [1.82, 2.24) is 14.9 Å². The molecule has 15 heavy (non-hydrogen) atoms. The van der Waals surface area contributed by atoms with Crippen molar-refractivity contribution in [3.8, 4) is 0 Å². The Morgan fingerprint density at radius 1 is 1.33 bits per heavy atom. The zero-order valence-corrected chi connectivity index (χ0v) is 8.72. The van der Waals surface area contributed by atoms with E-state index in [1.807, 2.05) is 11.6 Å². The maximum absolute atomic E-state index is 9.06. The van der Waals surface area contributed by atoms with Crippen LogP contribution < -0.4 is 5.32 Å². The van der Waals surface area contributed by atoms with Crippen LogP contribution >= 0.6 is 0 Å². The van der Waals surface area contributed by atoms with E-state index in [1.54, 1.807) is 12.4 Å². The highest BCUT2D eigenvalue weighted by Crippen LogP contribution is 2.03. The highest BCUT2D eigenvalue weighted by Gasteiger charge is 2.27. The van der Waals surface area contributed by atoms with Crippen molar-refractivity contribution >= 4 is 0 Å². The first-order chi connectivity index (χ1) is 7.17. The summed E-state index contributed by atoms with van der Waals surface area (Å²) in [6.07, 6.45) is 3.46. The summed E-state index contributed by atoms with van der Waals surface area (Å²) in [4.78, 5) is 4.08. The van der Waals surface area contributed by atoms with Gasteiger partial charge in [-0.2, -0.15) is 0 Å². The fourth-order valence-electron chi connectivity index (χ4n) is 1.15. The van der Waals surface area contributed by atoms with Crippen molar-refractivity contribution in [2.75, 3.05) is 19.8 Å². The molecule has 0 bridgehead atoms. The summed E-state index contributed by atoms with van der Waals surface area (Å²) in [6.45, 7) is -0.607. The van der Waals surface area contributed by atoms with Gasteiger partial charge < -0.3 is 19.9 Å². The second-order valence-corrected chi connectivity index (χ2v) is 3.56. The minimum absolute atomic E-state index is 0.329. The summed E-state index contributed by atoms with van der Waals surface area (Å²) < 4.78 is 1.82. The van der Waals surface area contributed by atoms with Crippen LogP contribution in [0.5, 0.6) is 0 Å². The van der Waals surface area contributed by atoms with Crippen LogP contribution in [0.4, 0.5) is 0 Å². The average molecular weight is 215 g/mol. The molecule has 0 unspecified atom stereocenters. The molecule has 0 aliphatic heterocycles. The lowest BCUT2D eigenvalue weighted by atomic mass is 10.0. The maximum Gasteiger partial charge on any atom is 0.122 e. The molecular formula is C9H17N3O3. The number of nitrogens with one attached hydrogen (secondary N) is 1. The molecule has 1 aromatic rings. The third kappa shape index (κ3) is 2.75. The minimum Gasteiger partial charge on any atom is -0.394 e. The molecule has 1 heterocycles. The van der Waals surface area contributed by atoms with Crippen molar-refractivity contribution in [1.29, 1.82) is 0 Å². The van der Waals surface area contributed by atoms with E-state index in [4.69, 9.17) is 15.3 Å². The molecule has 0 saturated heterocycles. The molecule has 0 amide bonds. The Morgan fingerprint density at radius 3 is 2.33 bits per heavy atom. The summed E-state index contributed by atoms with van der Waals surface area (Å²) in [6, 6.07) is 0. The molecule has 4 N–H and O–H groups in total. The zero-order valence-electron chi connectivity index (χ0n) is 8.72. The molecule has 1 rings (SSSR count). The van der Waals surface area contributed by atoms with E-state index >= 15 is 0 Å². The van der Waals surface area contributed by atoms with Crippen molar-refractivity contribution in [3.05, 3.63) is 18.2 Å². The molecule has 86 valence electrons. The summed E-state index contributed by atoms with van der Waals surface area (Å²) in [7, 11) is 1.85. The highest BCUT2D eigenvalue weighted by molar-refractivity contribution is 4.94. The molecule has 0 fully saturated rings. The third-order valence-electron chi connectivity index (χ3n) is 2.45. The van der Waals surface area contributed by atoms with Gasteiger partial charge in [0.1, 0.15) is 5.82 Å². The number of hydrogen-bond donors (Lipinski definition) is 4. The number of hydrogen-bond acceptors (Lipinski definition) is 5. The third-order valence-corrected chi connectivity index (χ3v) is 2.45. The fourth-order valence-corrected chi connectivity index (χ4v) is 1.15. The number of aryl methyl sites for hydroxylation is 1. The smallest absolute Gasteiger partial charge is 0.122 e. The van der Waals surface area contributed by atoms with Crippen LogP contribution in [-0.2, 0) is 13.6 Å². The van der Waals surface area contributed by atoms with E-state index in [9.17, 15) is 0 Å². The molecule has 0 aliphatic carbocycles. The molecule has 0 aliphatic rings. The summed E-state index contributed by atoms with van der Waals surface area (Å²) in [5, 5.41) is 30.1. The van der Waals surface area contributed by atoms with Crippen LogP contribution in [0.15, 0.2) is 12.4 Å². The molecule has 1 aromatic heterocycles. The zero-order chi connectivity index (χ0) is 11.3. The first-order valence-corrected chi connectivity index (χ1v) is 4.71.